The molecule has 0 amide bonds. The summed E-state index contributed by atoms with van der Waals surface area (Å²) in [6.07, 6.45) is 2.50. The molecule has 1 fully saturated rings. The van der Waals surface area contributed by atoms with Crippen LogP contribution in [0.2, 0.25) is 0 Å². The lowest BCUT2D eigenvalue weighted by Crippen LogP contribution is -2.56. The van der Waals surface area contributed by atoms with Gasteiger partial charge in [-0.2, -0.15) is 0 Å². The highest BCUT2D eigenvalue weighted by Crippen LogP contribution is 2.27. The molecule has 1 aromatic heterocycles. The fraction of sp³-hybridized carbons (Fsp3) is 0.733. The van der Waals surface area contributed by atoms with Crippen LogP contribution >= 0.6 is 27.3 Å². The smallest absolute Gasteiger partial charge is 0.0343 e. The molecule has 2 atom stereocenters. The van der Waals surface area contributed by atoms with Gasteiger partial charge in [-0.15, -0.1) is 11.3 Å². The largest absolute Gasteiger partial charge is 0.311 e. The Morgan fingerprint density at radius 2 is 2.32 bits per heavy atom. The van der Waals surface area contributed by atoms with Gasteiger partial charge < -0.3 is 5.32 Å². The van der Waals surface area contributed by atoms with Crippen LogP contribution in [-0.4, -0.2) is 30.1 Å². The standard InChI is InChI=1S/C15H25BrN2S/c1-4-12-9-18(10-15-14(16)5-6-19-15)13(8-17-12)7-11(2)3/h5-6,11-13,17H,4,7-10H2,1-3H3. The lowest BCUT2D eigenvalue weighted by atomic mass is 9.98. The molecule has 2 nitrogen and oxygen atoms in total. The van der Waals surface area contributed by atoms with E-state index in [0.717, 1.165) is 19.0 Å². The third-order valence-corrected chi connectivity index (χ3v) is 5.80. The van der Waals surface area contributed by atoms with Gasteiger partial charge in [0.05, 0.1) is 0 Å². The molecule has 2 heterocycles. The number of nitrogens with zero attached hydrogens (tertiary/aromatic N) is 1. The van der Waals surface area contributed by atoms with Crippen molar-refractivity contribution in [1.29, 1.82) is 0 Å². The zero-order valence-electron chi connectivity index (χ0n) is 12.2. The van der Waals surface area contributed by atoms with Gasteiger partial charge >= 0.3 is 0 Å². The zero-order valence-corrected chi connectivity index (χ0v) is 14.6. The zero-order chi connectivity index (χ0) is 13.8. The summed E-state index contributed by atoms with van der Waals surface area (Å²) in [7, 11) is 0. The number of hydrogen-bond acceptors (Lipinski definition) is 3. The van der Waals surface area contributed by atoms with Crippen LogP contribution in [-0.2, 0) is 6.54 Å². The maximum atomic E-state index is 3.70. The van der Waals surface area contributed by atoms with E-state index < -0.39 is 0 Å². The Bertz CT molecular complexity index is 391. The molecule has 1 aliphatic heterocycles. The molecular weight excluding hydrogens is 320 g/mol. The summed E-state index contributed by atoms with van der Waals surface area (Å²) in [5, 5.41) is 5.88. The van der Waals surface area contributed by atoms with E-state index in [4.69, 9.17) is 0 Å². The first kappa shape index (κ1) is 15.5. The van der Waals surface area contributed by atoms with E-state index in [0.29, 0.717) is 12.1 Å². The molecule has 0 aliphatic carbocycles. The number of nitrogens with one attached hydrogen (secondary N) is 1. The fourth-order valence-electron chi connectivity index (χ4n) is 2.79. The summed E-state index contributed by atoms with van der Waals surface area (Å²) < 4.78 is 1.27. The molecule has 19 heavy (non-hydrogen) atoms. The van der Waals surface area contributed by atoms with E-state index in [1.165, 1.54) is 28.7 Å². The Kier molecular flexibility index (Phi) is 5.87. The van der Waals surface area contributed by atoms with E-state index in [1.807, 2.05) is 11.3 Å². The van der Waals surface area contributed by atoms with Crippen molar-refractivity contribution in [2.75, 3.05) is 13.1 Å². The molecule has 0 radical (unpaired) electrons. The highest BCUT2D eigenvalue weighted by molar-refractivity contribution is 9.10. The Hall–Kier alpha value is 0.1000. The van der Waals surface area contributed by atoms with Crippen molar-refractivity contribution in [2.24, 2.45) is 5.92 Å². The molecule has 1 saturated heterocycles. The van der Waals surface area contributed by atoms with Gasteiger partial charge in [0.15, 0.2) is 0 Å². The quantitative estimate of drug-likeness (QED) is 0.864. The normalized spacial score (nSPS) is 25.1. The minimum atomic E-state index is 0.655. The topological polar surface area (TPSA) is 15.3 Å². The molecule has 0 saturated carbocycles. The summed E-state index contributed by atoms with van der Waals surface area (Å²) in [6, 6.07) is 3.50. The van der Waals surface area contributed by atoms with Crippen LogP contribution < -0.4 is 5.32 Å². The lowest BCUT2D eigenvalue weighted by Gasteiger charge is -2.41. The first-order valence-electron chi connectivity index (χ1n) is 7.29. The van der Waals surface area contributed by atoms with Crippen LogP contribution in [0, 0.1) is 5.92 Å². The highest BCUT2D eigenvalue weighted by atomic mass is 79.9. The third-order valence-electron chi connectivity index (χ3n) is 3.89. The summed E-state index contributed by atoms with van der Waals surface area (Å²) >= 11 is 5.53. The molecular formula is C15H25BrN2S. The van der Waals surface area contributed by atoms with Crippen LogP contribution in [0.1, 0.15) is 38.5 Å². The first-order chi connectivity index (χ1) is 9.10. The van der Waals surface area contributed by atoms with Gasteiger partial charge in [0, 0.05) is 41.1 Å². The number of thiophene rings is 1. The van der Waals surface area contributed by atoms with Crippen LogP contribution in [0.15, 0.2) is 15.9 Å². The molecule has 1 aliphatic rings. The van der Waals surface area contributed by atoms with Gasteiger partial charge in [0.1, 0.15) is 0 Å². The molecule has 108 valence electrons. The van der Waals surface area contributed by atoms with Gasteiger partial charge in [-0.05, 0) is 46.1 Å². The predicted molar refractivity (Wildman–Crippen MR) is 87.8 cm³/mol. The number of hydrogen-bond donors (Lipinski definition) is 1. The number of rotatable bonds is 5. The molecule has 0 aromatic carbocycles. The summed E-state index contributed by atoms with van der Waals surface area (Å²) in [5.74, 6) is 0.763. The van der Waals surface area contributed by atoms with E-state index in [9.17, 15) is 0 Å². The van der Waals surface area contributed by atoms with Gasteiger partial charge in [-0.3, -0.25) is 4.90 Å². The Morgan fingerprint density at radius 1 is 1.53 bits per heavy atom. The van der Waals surface area contributed by atoms with Crippen molar-refractivity contribution in [3.8, 4) is 0 Å². The van der Waals surface area contributed by atoms with Crippen LogP contribution in [0.5, 0.6) is 0 Å². The van der Waals surface area contributed by atoms with Gasteiger partial charge in [-0.1, -0.05) is 20.8 Å². The molecule has 0 bridgehead atoms. The molecule has 1 N–H and O–H groups in total. The van der Waals surface area contributed by atoms with Crippen molar-refractivity contribution in [3.63, 3.8) is 0 Å². The lowest BCUT2D eigenvalue weighted by molar-refractivity contribution is 0.106. The maximum Gasteiger partial charge on any atom is 0.0343 e. The second-order valence-electron chi connectivity index (χ2n) is 5.92. The SMILES string of the molecule is CCC1CN(Cc2sccc2Br)C(CC(C)C)CN1. The van der Waals surface area contributed by atoms with E-state index in [1.54, 1.807) is 0 Å². The van der Waals surface area contributed by atoms with Crippen molar-refractivity contribution in [1.82, 2.24) is 10.2 Å². The number of piperazine rings is 1. The second kappa shape index (κ2) is 7.21. The molecule has 0 spiro atoms. The molecule has 2 rings (SSSR count). The van der Waals surface area contributed by atoms with Crippen molar-refractivity contribution in [2.45, 2.75) is 52.2 Å². The summed E-state index contributed by atoms with van der Waals surface area (Å²) in [4.78, 5) is 4.15. The van der Waals surface area contributed by atoms with E-state index >= 15 is 0 Å². The van der Waals surface area contributed by atoms with Gasteiger partial charge in [0.25, 0.3) is 0 Å². The minimum Gasteiger partial charge on any atom is -0.311 e. The van der Waals surface area contributed by atoms with E-state index in [-0.39, 0.29) is 0 Å². The van der Waals surface area contributed by atoms with Crippen molar-refractivity contribution >= 4 is 27.3 Å². The minimum absolute atomic E-state index is 0.655. The molecule has 2 unspecified atom stereocenters. The third kappa shape index (κ3) is 4.28. The molecule has 4 heteroatoms. The Balaban J connectivity index is 2.04. The fourth-order valence-corrected chi connectivity index (χ4v) is 4.30. The average molecular weight is 345 g/mol. The summed E-state index contributed by atoms with van der Waals surface area (Å²) in [5.41, 5.74) is 0. The van der Waals surface area contributed by atoms with E-state index in [2.05, 4.69) is 58.4 Å². The first-order valence-corrected chi connectivity index (χ1v) is 8.96. The van der Waals surface area contributed by atoms with Crippen LogP contribution in [0.4, 0.5) is 0 Å². The van der Waals surface area contributed by atoms with Crippen molar-refractivity contribution < 1.29 is 0 Å². The monoisotopic (exact) mass is 344 g/mol. The van der Waals surface area contributed by atoms with Crippen LogP contribution in [0.3, 0.4) is 0 Å². The van der Waals surface area contributed by atoms with Crippen LogP contribution in [0.25, 0.3) is 0 Å². The Labute approximate surface area is 129 Å². The average Bonchev–Trinajstić information content (AvgIpc) is 2.76. The van der Waals surface area contributed by atoms with Gasteiger partial charge in [-0.25, -0.2) is 0 Å². The van der Waals surface area contributed by atoms with Crippen molar-refractivity contribution in [3.05, 3.63) is 20.8 Å². The highest BCUT2D eigenvalue weighted by Gasteiger charge is 2.28. The second-order valence-corrected chi connectivity index (χ2v) is 7.77. The Morgan fingerprint density at radius 3 is 2.89 bits per heavy atom. The molecule has 1 aromatic rings. The predicted octanol–water partition coefficient (Wildman–Crippen LogP) is 4.11. The maximum absolute atomic E-state index is 3.70. The summed E-state index contributed by atoms with van der Waals surface area (Å²) in [6.45, 7) is 10.3. The van der Waals surface area contributed by atoms with Gasteiger partial charge in [0.2, 0.25) is 0 Å². The number of halogens is 1.